The molecule has 0 radical (unpaired) electrons. The highest BCUT2D eigenvalue weighted by Gasteiger charge is 2.36. The first-order chi connectivity index (χ1) is 18.9. The summed E-state index contributed by atoms with van der Waals surface area (Å²) in [6.07, 6.45) is 3.71. The number of piperazine rings is 1. The van der Waals surface area contributed by atoms with E-state index >= 15 is 0 Å². The molecule has 1 aliphatic heterocycles. The zero-order chi connectivity index (χ0) is 27.2. The maximum atomic E-state index is 14.7. The van der Waals surface area contributed by atoms with Gasteiger partial charge < -0.3 is 14.4 Å². The van der Waals surface area contributed by atoms with Gasteiger partial charge in [-0.05, 0) is 37.2 Å². The van der Waals surface area contributed by atoms with Crippen LogP contribution < -0.4 is 0 Å². The molecule has 3 heterocycles. The van der Waals surface area contributed by atoms with Crippen LogP contribution in [0, 0.1) is 17.5 Å². The van der Waals surface area contributed by atoms with Crippen molar-refractivity contribution in [3.8, 4) is 11.5 Å². The molecule has 0 bridgehead atoms. The fourth-order valence-electron chi connectivity index (χ4n) is 4.66. The van der Waals surface area contributed by atoms with Crippen molar-refractivity contribution in [1.82, 2.24) is 34.8 Å². The Bertz CT molecular complexity index is 1370. The smallest absolute Gasteiger partial charge is 0.276 e. The minimum Gasteiger partial charge on any atom is -0.411 e. The molecule has 1 aliphatic rings. The Labute approximate surface area is 227 Å². The topological polar surface area (TPSA) is 96.3 Å². The SMILES string of the molecule is OC(CN1CCN(CCCSc2nnc(-c3cccc(F)c3)o2)CC1)(Cn1cncn1)c1ccc(F)cc1F. The second-order valence-corrected chi connectivity index (χ2v) is 10.5. The molecule has 2 aromatic carbocycles. The third-order valence-electron chi connectivity index (χ3n) is 6.59. The van der Waals surface area contributed by atoms with Crippen LogP contribution >= 0.6 is 11.8 Å². The standard InChI is InChI=1S/C26H28F3N7O2S/c27-20-4-1-3-19(13-20)24-32-33-25(38-24)39-12-2-7-34-8-10-35(11-9-34)15-26(37,16-36-18-30-17-31-36)22-6-5-21(28)14-23(22)29/h1,3-6,13-14,17-18,37H,2,7-12,15-16H2. The van der Waals surface area contributed by atoms with Crippen molar-refractivity contribution < 1.29 is 22.7 Å². The van der Waals surface area contributed by atoms with Gasteiger partial charge >= 0.3 is 0 Å². The number of aliphatic hydroxyl groups is 1. The number of β-amino-alcohol motifs (C(OH)–C–C–N with tert-alkyl or cyclic N) is 1. The monoisotopic (exact) mass is 559 g/mol. The van der Waals surface area contributed by atoms with E-state index in [1.54, 1.807) is 12.1 Å². The Morgan fingerprint density at radius 1 is 0.949 bits per heavy atom. The zero-order valence-electron chi connectivity index (χ0n) is 21.1. The lowest BCUT2D eigenvalue weighted by molar-refractivity contribution is -0.0317. The van der Waals surface area contributed by atoms with Crippen LogP contribution in [-0.4, -0.2) is 84.9 Å². The van der Waals surface area contributed by atoms with Crippen LogP contribution in [0.25, 0.3) is 11.5 Å². The van der Waals surface area contributed by atoms with Crippen molar-refractivity contribution >= 4 is 11.8 Å². The van der Waals surface area contributed by atoms with Crippen LogP contribution in [0.4, 0.5) is 13.2 Å². The fourth-order valence-corrected chi connectivity index (χ4v) is 5.35. The number of nitrogens with zero attached hydrogens (tertiary/aromatic N) is 7. The van der Waals surface area contributed by atoms with Gasteiger partial charge in [0.05, 0.1) is 6.54 Å². The number of aromatic nitrogens is 5. The number of benzene rings is 2. The largest absolute Gasteiger partial charge is 0.411 e. The average Bonchev–Trinajstić information content (AvgIpc) is 3.60. The molecule has 9 nitrogen and oxygen atoms in total. The van der Waals surface area contributed by atoms with Gasteiger partial charge in [0.15, 0.2) is 0 Å². The van der Waals surface area contributed by atoms with Crippen LogP contribution in [0.2, 0.25) is 0 Å². The summed E-state index contributed by atoms with van der Waals surface area (Å²) in [5, 5.41) is 24.1. The fraction of sp³-hybridized carbons (Fsp3) is 0.385. The van der Waals surface area contributed by atoms with E-state index in [4.69, 9.17) is 4.42 Å². The van der Waals surface area contributed by atoms with Gasteiger partial charge in [0.2, 0.25) is 5.89 Å². The maximum Gasteiger partial charge on any atom is 0.276 e. The van der Waals surface area contributed by atoms with E-state index in [9.17, 15) is 18.3 Å². The number of thioether (sulfide) groups is 1. The molecular weight excluding hydrogens is 531 g/mol. The first-order valence-corrected chi connectivity index (χ1v) is 13.5. The lowest BCUT2D eigenvalue weighted by Crippen LogP contribution is -2.52. The minimum atomic E-state index is -1.61. The van der Waals surface area contributed by atoms with E-state index in [2.05, 4.69) is 30.1 Å². The van der Waals surface area contributed by atoms with Crippen molar-refractivity contribution in [3.05, 3.63) is 78.1 Å². The van der Waals surface area contributed by atoms with Crippen molar-refractivity contribution in [3.63, 3.8) is 0 Å². The Kier molecular flexibility index (Phi) is 8.60. The van der Waals surface area contributed by atoms with Crippen LogP contribution in [0.1, 0.15) is 12.0 Å². The molecule has 13 heteroatoms. The van der Waals surface area contributed by atoms with Gasteiger partial charge in [0.25, 0.3) is 5.22 Å². The molecule has 1 unspecified atom stereocenters. The Hall–Kier alpha value is -3.26. The van der Waals surface area contributed by atoms with Crippen LogP contribution in [0.15, 0.2) is 64.8 Å². The molecule has 1 saturated heterocycles. The van der Waals surface area contributed by atoms with Crippen LogP contribution in [0.5, 0.6) is 0 Å². The van der Waals surface area contributed by atoms with E-state index in [1.807, 2.05) is 0 Å². The number of halogens is 3. The first-order valence-electron chi connectivity index (χ1n) is 12.6. The Morgan fingerprint density at radius 3 is 2.49 bits per heavy atom. The molecule has 1 atom stereocenters. The predicted octanol–water partition coefficient (Wildman–Crippen LogP) is 3.43. The third kappa shape index (κ3) is 7.04. The molecule has 1 N–H and O–H groups in total. The zero-order valence-corrected chi connectivity index (χ0v) is 21.9. The van der Waals surface area contributed by atoms with Crippen molar-refractivity contribution in [1.29, 1.82) is 0 Å². The molecule has 0 amide bonds. The highest BCUT2D eigenvalue weighted by Crippen LogP contribution is 2.28. The number of rotatable bonds is 11. The molecule has 0 spiro atoms. The molecule has 5 rings (SSSR count). The first kappa shape index (κ1) is 27.3. The average molecular weight is 560 g/mol. The summed E-state index contributed by atoms with van der Waals surface area (Å²) < 4.78 is 48.7. The van der Waals surface area contributed by atoms with Crippen molar-refractivity contribution in [2.75, 3.05) is 45.0 Å². The summed E-state index contributed by atoms with van der Waals surface area (Å²) in [6, 6.07) is 9.26. The van der Waals surface area contributed by atoms with Gasteiger partial charge in [0, 0.05) is 55.7 Å². The van der Waals surface area contributed by atoms with Gasteiger partial charge in [0.1, 0.15) is 35.7 Å². The van der Waals surface area contributed by atoms with E-state index < -0.39 is 17.2 Å². The number of hydrogen-bond donors (Lipinski definition) is 1. The van der Waals surface area contributed by atoms with Gasteiger partial charge in [-0.25, -0.2) is 22.8 Å². The Balaban J connectivity index is 1.10. The highest BCUT2D eigenvalue weighted by atomic mass is 32.2. The Morgan fingerprint density at radius 2 is 1.74 bits per heavy atom. The molecule has 0 saturated carbocycles. The van der Waals surface area contributed by atoms with Gasteiger partial charge in [-0.3, -0.25) is 4.90 Å². The maximum absolute atomic E-state index is 14.7. The van der Waals surface area contributed by atoms with Crippen molar-refractivity contribution in [2.24, 2.45) is 0 Å². The second kappa shape index (κ2) is 12.3. The van der Waals surface area contributed by atoms with E-state index in [0.29, 0.717) is 23.9 Å². The summed E-state index contributed by atoms with van der Waals surface area (Å²) in [5.41, 5.74) is -1.04. The summed E-state index contributed by atoms with van der Waals surface area (Å²) in [6.45, 7) is 4.00. The molecule has 4 aromatic rings. The lowest BCUT2D eigenvalue weighted by atomic mass is 9.92. The minimum absolute atomic E-state index is 0.0103. The third-order valence-corrected chi connectivity index (χ3v) is 7.50. The van der Waals surface area contributed by atoms with Gasteiger partial charge in [-0.2, -0.15) is 5.10 Å². The van der Waals surface area contributed by atoms with E-state index in [1.165, 1.54) is 47.3 Å². The summed E-state index contributed by atoms with van der Waals surface area (Å²) >= 11 is 1.46. The van der Waals surface area contributed by atoms with Crippen LogP contribution in [0.3, 0.4) is 0 Å². The van der Waals surface area contributed by atoms with Crippen LogP contribution in [-0.2, 0) is 12.1 Å². The molecule has 0 aliphatic carbocycles. The molecule has 2 aromatic heterocycles. The molecule has 1 fully saturated rings. The summed E-state index contributed by atoms with van der Waals surface area (Å²) in [5.74, 6) is -0.776. The summed E-state index contributed by atoms with van der Waals surface area (Å²) in [4.78, 5) is 8.32. The number of hydrogen-bond acceptors (Lipinski definition) is 9. The molecular formula is C26H28F3N7O2S. The predicted molar refractivity (Wildman–Crippen MR) is 138 cm³/mol. The lowest BCUT2D eigenvalue weighted by Gasteiger charge is -2.39. The second-order valence-electron chi connectivity index (χ2n) is 9.45. The van der Waals surface area contributed by atoms with E-state index in [-0.39, 0.29) is 30.4 Å². The van der Waals surface area contributed by atoms with Crippen molar-refractivity contribution in [2.45, 2.75) is 23.8 Å². The van der Waals surface area contributed by atoms with Gasteiger partial charge in [-0.1, -0.05) is 23.9 Å². The summed E-state index contributed by atoms with van der Waals surface area (Å²) in [7, 11) is 0. The quantitative estimate of drug-likeness (QED) is 0.219. The normalized spacial score (nSPS) is 16.4. The highest BCUT2D eigenvalue weighted by molar-refractivity contribution is 7.99. The van der Waals surface area contributed by atoms with Gasteiger partial charge in [-0.15, -0.1) is 10.2 Å². The molecule has 39 heavy (non-hydrogen) atoms. The van der Waals surface area contributed by atoms with E-state index in [0.717, 1.165) is 43.9 Å². The molecule has 206 valence electrons.